The number of aliphatic hydroxyl groups is 1. The normalized spacial score (nSPS) is 31.3. The van der Waals surface area contributed by atoms with Gasteiger partial charge in [-0.25, -0.2) is 0 Å². The fourth-order valence-corrected chi connectivity index (χ4v) is 3.83. The molecule has 1 aliphatic carbocycles. The number of carbonyl (C=O) groups is 1. The molecule has 2 fully saturated rings. The molecule has 0 radical (unpaired) electrons. The van der Waals surface area contributed by atoms with E-state index >= 15 is 0 Å². The summed E-state index contributed by atoms with van der Waals surface area (Å²) in [6.07, 6.45) is 8.42. The molecular formula is C19H35NO4. The molecule has 1 saturated heterocycles. The highest BCUT2D eigenvalue weighted by molar-refractivity contribution is 5.72. The van der Waals surface area contributed by atoms with Gasteiger partial charge in [0.1, 0.15) is 5.60 Å². The molecule has 0 amide bonds. The fraction of sp³-hybridized carbons (Fsp3) is 0.947. The maximum absolute atomic E-state index is 12.4. The maximum Gasteiger partial charge on any atom is 0.309 e. The van der Waals surface area contributed by atoms with Crippen LogP contribution in [0.5, 0.6) is 0 Å². The van der Waals surface area contributed by atoms with Gasteiger partial charge >= 0.3 is 5.97 Å². The number of hydrogen-bond acceptors (Lipinski definition) is 5. The summed E-state index contributed by atoms with van der Waals surface area (Å²) in [6, 6.07) is 0. The SMILES string of the molecule is CCCCCCCCC(C)C(=O)OC1C(O)CCC12CNCCO2. The van der Waals surface area contributed by atoms with Gasteiger partial charge in [0.05, 0.1) is 18.6 Å². The van der Waals surface area contributed by atoms with Crippen molar-refractivity contribution in [2.24, 2.45) is 5.92 Å². The van der Waals surface area contributed by atoms with Crippen molar-refractivity contribution in [3.05, 3.63) is 0 Å². The van der Waals surface area contributed by atoms with Crippen molar-refractivity contribution < 1.29 is 19.4 Å². The average Bonchev–Trinajstić information content (AvgIpc) is 2.88. The van der Waals surface area contributed by atoms with Gasteiger partial charge in [-0.1, -0.05) is 52.4 Å². The number of esters is 1. The third kappa shape index (κ3) is 5.17. The largest absolute Gasteiger partial charge is 0.456 e. The fourth-order valence-electron chi connectivity index (χ4n) is 3.83. The van der Waals surface area contributed by atoms with Crippen molar-refractivity contribution in [2.75, 3.05) is 19.7 Å². The van der Waals surface area contributed by atoms with E-state index in [1.54, 1.807) is 0 Å². The number of ether oxygens (including phenoxy) is 2. The van der Waals surface area contributed by atoms with Crippen LogP contribution in [0, 0.1) is 5.92 Å². The molecule has 4 atom stereocenters. The van der Waals surface area contributed by atoms with E-state index in [4.69, 9.17) is 9.47 Å². The molecular weight excluding hydrogens is 306 g/mol. The second-order valence-electron chi connectivity index (χ2n) is 7.51. The second-order valence-corrected chi connectivity index (χ2v) is 7.51. The van der Waals surface area contributed by atoms with Crippen molar-refractivity contribution in [1.29, 1.82) is 0 Å². The Morgan fingerprint density at radius 2 is 2.08 bits per heavy atom. The van der Waals surface area contributed by atoms with Gasteiger partial charge in [0.15, 0.2) is 6.10 Å². The molecule has 1 saturated carbocycles. The van der Waals surface area contributed by atoms with Crippen molar-refractivity contribution in [3.63, 3.8) is 0 Å². The Bertz CT molecular complexity index is 376. The highest BCUT2D eigenvalue weighted by Gasteiger charge is 2.52. The van der Waals surface area contributed by atoms with E-state index in [1.807, 2.05) is 6.92 Å². The average molecular weight is 341 g/mol. The van der Waals surface area contributed by atoms with Crippen LogP contribution in [0.25, 0.3) is 0 Å². The van der Waals surface area contributed by atoms with Gasteiger partial charge in [0.25, 0.3) is 0 Å². The number of aliphatic hydroxyl groups excluding tert-OH is 1. The lowest BCUT2D eigenvalue weighted by Crippen LogP contribution is -2.57. The van der Waals surface area contributed by atoms with E-state index in [1.165, 1.54) is 32.1 Å². The van der Waals surface area contributed by atoms with E-state index < -0.39 is 17.8 Å². The van der Waals surface area contributed by atoms with Crippen molar-refractivity contribution in [3.8, 4) is 0 Å². The van der Waals surface area contributed by atoms with Gasteiger partial charge < -0.3 is 19.9 Å². The van der Waals surface area contributed by atoms with E-state index in [0.717, 1.165) is 25.8 Å². The number of rotatable bonds is 9. The molecule has 24 heavy (non-hydrogen) atoms. The van der Waals surface area contributed by atoms with Crippen LogP contribution in [0.2, 0.25) is 0 Å². The Balaban J connectivity index is 1.75. The molecule has 0 bridgehead atoms. The van der Waals surface area contributed by atoms with Crippen LogP contribution < -0.4 is 5.32 Å². The van der Waals surface area contributed by atoms with Crippen LogP contribution in [0.3, 0.4) is 0 Å². The van der Waals surface area contributed by atoms with Crippen LogP contribution >= 0.6 is 0 Å². The molecule has 0 aromatic carbocycles. The first kappa shape index (κ1) is 19.7. The molecule has 0 aromatic heterocycles. The number of carbonyl (C=O) groups excluding carboxylic acids is 1. The molecule has 2 aliphatic rings. The standard InChI is InChI=1S/C19H35NO4/c1-3-4-5-6-7-8-9-15(2)18(22)24-17-16(21)10-11-19(17)14-20-12-13-23-19/h15-17,20-21H,3-14H2,1-2H3. The molecule has 1 heterocycles. The molecule has 140 valence electrons. The quantitative estimate of drug-likeness (QED) is 0.499. The van der Waals surface area contributed by atoms with Gasteiger partial charge in [-0.05, 0) is 19.3 Å². The van der Waals surface area contributed by atoms with Crippen LogP contribution in [0.4, 0.5) is 0 Å². The predicted molar refractivity (Wildman–Crippen MR) is 93.8 cm³/mol. The second kappa shape index (κ2) is 9.73. The summed E-state index contributed by atoms with van der Waals surface area (Å²) in [4.78, 5) is 12.4. The molecule has 1 spiro atoms. The zero-order chi connectivity index (χ0) is 17.4. The van der Waals surface area contributed by atoms with E-state index in [2.05, 4.69) is 12.2 Å². The van der Waals surface area contributed by atoms with Crippen LogP contribution in [0.15, 0.2) is 0 Å². The lowest BCUT2D eigenvalue weighted by Gasteiger charge is -2.39. The first-order valence-corrected chi connectivity index (χ1v) is 9.82. The third-order valence-corrected chi connectivity index (χ3v) is 5.46. The Kier molecular flexibility index (Phi) is 7.98. The molecule has 5 heteroatoms. The molecule has 0 aromatic rings. The molecule has 2 N–H and O–H groups in total. The topological polar surface area (TPSA) is 67.8 Å². The Labute approximate surface area is 146 Å². The third-order valence-electron chi connectivity index (χ3n) is 5.46. The predicted octanol–water partition coefficient (Wildman–Crippen LogP) is 2.80. The Morgan fingerprint density at radius 3 is 2.79 bits per heavy atom. The van der Waals surface area contributed by atoms with Gasteiger partial charge in [-0.3, -0.25) is 4.79 Å². The number of unbranched alkanes of at least 4 members (excludes halogenated alkanes) is 5. The Morgan fingerprint density at radius 1 is 1.33 bits per heavy atom. The van der Waals surface area contributed by atoms with Gasteiger partial charge in [-0.2, -0.15) is 0 Å². The van der Waals surface area contributed by atoms with E-state index in [0.29, 0.717) is 19.6 Å². The minimum absolute atomic E-state index is 0.113. The van der Waals surface area contributed by atoms with Crippen molar-refractivity contribution in [2.45, 2.75) is 89.4 Å². The summed E-state index contributed by atoms with van der Waals surface area (Å²) < 4.78 is 11.6. The summed E-state index contributed by atoms with van der Waals surface area (Å²) in [5, 5.41) is 13.6. The monoisotopic (exact) mass is 341 g/mol. The van der Waals surface area contributed by atoms with Crippen molar-refractivity contribution >= 4 is 5.97 Å². The summed E-state index contributed by atoms with van der Waals surface area (Å²) >= 11 is 0. The minimum Gasteiger partial charge on any atom is -0.456 e. The number of nitrogens with one attached hydrogen (secondary N) is 1. The lowest BCUT2D eigenvalue weighted by molar-refractivity contribution is -0.186. The van der Waals surface area contributed by atoms with Crippen LogP contribution in [0.1, 0.15) is 71.6 Å². The van der Waals surface area contributed by atoms with Gasteiger partial charge in [0, 0.05) is 13.1 Å². The minimum atomic E-state index is -0.616. The molecule has 2 rings (SSSR count). The smallest absolute Gasteiger partial charge is 0.309 e. The van der Waals surface area contributed by atoms with Gasteiger partial charge in [-0.15, -0.1) is 0 Å². The van der Waals surface area contributed by atoms with E-state index in [9.17, 15) is 9.90 Å². The number of morpholine rings is 1. The Hall–Kier alpha value is -0.650. The van der Waals surface area contributed by atoms with Crippen LogP contribution in [-0.4, -0.2) is 48.6 Å². The van der Waals surface area contributed by atoms with Gasteiger partial charge in [0.2, 0.25) is 0 Å². The summed E-state index contributed by atoms with van der Waals surface area (Å²) in [5.41, 5.74) is -0.535. The molecule has 1 aliphatic heterocycles. The first-order valence-electron chi connectivity index (χ1n) is 9.82. The number of hydrogen-bond donors (Lipinski definition) is 2. The van der Waals surface area contributed by atoms with Crippen LogP contribution in [-0.2, 0) is 14.3 Å². The summed E-state index contributed by atoms with van der Waals surface area (Å²) in [5.74, 6) is -0.305. The highest BCUT2D eigenvalue weighted by Crippen LogP contribution is 2.37. The molecule has 5 nitrogen and oxygen atoms in total. The van der Waals surface area contributed by atoms with Crippen molar-refractivity contribution in [1.82, 2.24) is 5.32 Å². The maximum atomic E-state index is 12.4. The lowest BCUT2D eigenvalue weighted by atomic mass is 9.97. The zero-order valence-corrected chi connectivity index (χ0v) is 15.4. The highest BCUT2D eigenvalue weighted by atomic mass is 16.6. The van der Waals surface area contributed by atoms with E-state index in [-0.39, 0.29) is 11.9 Å². The summed E-state index contributed by atoms with van der Waals surface area (Å²) in [7, 11) is 0. The zero-order valence-electron chi connectivity index (χ0n) is 15.4. The summed E-state index contributed by atoms with van der Waals surface area (Å²) in [6.45, 7) is 6.21. The molecule has 4 unspecified atom stereocenters. The first-order chi connectivity index (χ1) is 11.6.